The normalized spacial score (nSPS) is 30.7. The maximum Gasteiger partial charge on any atom is 0.0447 e. The fourth-order valence-electron chi connectivity index (χ4n) is 4.13. The number of para-hydroxylation sites is 1. The smallest absolute Gasteiger partial charge is 0.0447 e. The van der Waals surface area contributed by atoms with Gasteiger partial charge in [0.1, 0.15) is 0 Å². The Kier molecular flexibility index (Phi) is 2.19. The van der Waals surface area contributed by atoms with Crippen molar-refractivity contribution in [3.05, 3.63) is 29.3 Å². The zero-order chi connectivity index (χ0) is 11.2. The third kappa shape index (κ3) is 1.43. The van der Waals surface area contributed by atoms with Crippen molar-refractivity contribution in [2.24, 2.45) is 5.92 Å². The second-order valence-electron chi connectivity index (χ2n) is 5.76. The van der Waals surface area contributed by atoms with Gasteiger partial charge in [-0.25, -0.2) is 0 Å². The van der Waals surface area contributed by atoms with Crippen LogP contribution in [0.25, 0.3) is 0 Å². The van der Waals surface area contributed by atoms with E-state index in [2.05, 4.69) is 28.4 Å². The molecule has 2 heterocycles. The molecule has 1 N–H and O–H groups in total. The summed E-state index contributed by atoms with van der Waals surface area (Å²) < 4.78 is 0. The van der Waals surface area contributed by atoms with Gasteiger partial charge in [0.2, 0.25) is 0 Å². The molecule has 2 nitrogen and oxygen atoms in total. The molecule has 1 aromatic rings. The molecule has 1 aliphatic carbocycles. The van der Waals surface area contributed by atoms with Crippen LogP contribution in [0, 0.1) is 5.92 Å². The lowest BCUT2D eigenvalue weighted by Gasteiger charge is -2.41. The fourth-order valence-corrected chi connectivity index (χ4v) is 4.13. The topological polar surface area (TPSA) is 15.3 Å². The summed E-state index contributed by atoms with van der Waals surface area (Å²) in [5, 5.41) is 3.56. The SMILES string of the molecule is c1cc2c3c(c1)CC1CCCC1N3CCNC2. The summed E-state index contributed by atoms with van der Waals surface area (Å²) in [6, 6.07) is 7.74. The molecular weight excluding hydrogens is 208 g/mol. The van der Waals surface area contributed by atoms with Crippen LogP contribution in [0.4, 0.5) is 5.69 Å². The van der Waals surface area contributed by atoms with Crippen molar-refractivity contribution in [1.82, 2.24) is 5.32 Å². The Bertz CT molecular complexity index is 441. The summed E-state index contributed by atoms with van der Waals surface area (Å²) in [5.74, 6) is 0.927. The minimum Gasteiger partial charge on any atom is -0.366 e. The first kappa shape index (κ1) is 9.95. The minimum absolute atomic E-state index is 0.837. The summed E-state index contributed by atoms with van der Waals surface area (Å²) >= 11 is 0. The van der Waals surface area contributed by atoms with E-state index in [0.29, 0.717) is 0 Å². The largest absolute Gasteiger partial charge is 0.366 e. The lowest BCUT2D eigenvalue weighted by molar-refractivity contribution is 0.426. The maximum absolute atomic E-state index is 3.56. The number of hydrogen-bond donors (Lipinski definition) is 1. The minimum atomic E-state index is 0.837. The Morgan fingerprint density at radius 1 is 1.18 bits per heavy atom. The van der Waals surface area contributed by atoms with Gasteiger partial charge in [-0.3, -0.25) is 0 Å². The van der Waals surface area contributed by atoms with E-state index < -0.39 is 0 Å². The number of nitrogens with one attached hydrogen (secondary N) is 1. The van der Waals surface area contributed by atoms with Crippen molar-refractivity contribution in [3.63, 3.8) is 0 Å². The summed E-state index contributed by atoms with van der Waals surface area (Å²) in [6.07, 6.45) is 5.61. The molecule has 0 radical (unpaired) electrons. The average molecular weight is 228 g/mol. The van der Waals surface area contributed by atoms with Gasteiger partial charge in [0, 0.05) is 31.4 Å². The Hall–Kier alpha value is -1.02. The molecule has 2 unspecified atom stereocenters. The molecule has 0 amide bonds. The highest BCUT2D eigenvalue weighted by atomic mass is 15.2. The second kappa shape index (κ2) is 3.74. The quantitative estimate of drug-likeness (QED) is 0.733. The Balaban J connectivity index is 1.86. The van der Waals surface area contributed by atoms with Gasteiger partial charge in [0.15, 0.2) is 0 Å². The zero-order valence-corrected chi connectivity index (χ0v) is 10.3. The van der Waals surface area contributed by atoms with E-state index in [1.165, 1.54) is 37.8 Å². The molecule has 1 saturated carbocycles. The van der Waals surface area contributed by atoms with Crippen LogP contribution in [0.5, 0.6) is 0 Å². The van der Waals surface area contributed by atoms with Crippen LogP contribution in [0.15, 0.2) is 18.2 Å². The number of fused-ring (bicyclic) bond motifs is 2. The number of hydrogen-bond acceptors (Lipinski definition) is 2. The van der Waals surface area contributed by atoms with E-state index in [1.54, 1.807) is 11.3 Å². The first-order valence-electron chi connectivity index (χ1n) is 7.01. The van der Waals surface area contributed by atoms with Gasteiger partial charge in [0.25, 0.3) is 0 Å². The number of benzene rings is 1. The van der Waals surface area contributed by atoms with Gasteiger partial charge in [-0.15, -0.1) is 0 Å². The van der Waals surface area contributed by atoms with Crippen molar-refractivity contribution < 1.29 is 0 Å². The summed E-state index contributed by atoms with van der Waals surface area (Å²) in [5.41, 5.74) is 4.71. The first-order chi connectivity index (χ1) is 8.43. The highest BCUT2D eigenvalue weighted by Crippen LogP contribution is 2.43. The monoisotopic (exact) mass is 228 g/mol. The zero-order valence-electron chi connectivity index (χ0n) is 10.3. The molecular formula is C15H20N2. The van der Waals surface area contributed by atoms with E-state index in [9.17, 15) is 0 Å². The lowest BCUT2D eigenvalue weighted by Crippen LogP contribution is -2.44. The van der Waals surface area contributed by atoms with Crippen LogP contribution >= 0.6 is 0 Å². The van der Waals surface area contributed by atoms with E-state index in [0.717, 1.165) is 25.0 Å². The van der Waals surface area contributed by atoms with Crippen molar-refractivity contribution in [2.75, 3.05) is 18.0 Å². The van der Waals surface area contributed by atoms with Crippen LogP contribution in [-0.4, -0.2) is 19.1 Å². The Morgan fingerprint density at radius 2 is 2.12 bits per heavy atom. The van der Waals surface area contributed by atoms with Crippen LogP contribution in [0.3, 0.4) is 0 Å². The number of nitrogens with zero attached hydrogens (tertiary/aromatic N) is 1. The van der Waals surface area contributed by atoms with Crippen molar-refractivity contribution in [3.8, 4) is 0 Å². The molecule has 0 bridgehead atoms. The van der Waals surface area contributed by atoms with E-state index in [1.807, 2.05) is 0 Å². The number of anilines is 1. The van der Waals surface area contributed by atoms with Gasteiger partial charge < -0.3 is 10.2 Å². The Morgan fingerprint density at radius 3 is 3.12 bits per heavy atom. The fraction of sp³-hybridized carbons (Fsp3) is 0.600. The van der Waals surface area contributed by atoms with E-state index >= 15 is 0 Å². The van der Waals surface area contributed by atoms with Crippen molar-refractivity contribution >= 4 is 5.69 Å². The van der Waals surface area contributed by atoms with Gasteiger partial charge in [-0.2, -0.15) is 0 Å². The van der Waals surface area contributed by atoms with Gasteiger partial charge in [-0.1, -0.05) is 24.6 Å². The molecule has 2 aliphatic heterocycles. The van der Waals surface area contributed by atoms with Crippen LogP contribution in [-0.2, 0) is 13.0 Å². The molecule has 4 rings (SSSR count). The highest BCUT2D eigenvalue weighted by molar-refractivity contribution is 5.63. The molecule has 1 fully saturated rings. The van der Waals surface area contributed by atoms with E-state index in [4.69, 9.17) is 0 Å². The third-order valence-corrected chi connectivity index (χ3v) is 4.84. The predicted molar refractivity (Wildman–Crippen MR) is 70.3 cm³/mol. The standard InChI is InChI=1S/C15H20N2/c1-4-12-9-11-3-2-6-14(11)17-8-7-16-10-13(5-1)15(12)17/h1,4-5,11,14,16H,2-3,6-10H2. The molecule has 0 spiro atoms. The molecule has 3 aliphatic rings. The van der Waals surface area contributed by atoms with Crippen LogP contribution in [0.1, 0.15) is 30.4 Å². The van der Waals surface area contributed by atoms with Gasteiger partial charge >= 0.3 is 0 Å². The lowest BCUT2D eigenvalue weighted by atomic mass is 9.86. The summed E-state index contributed by atoms with van der Waals surface area (Å²) in [4.78, 5) is 2.73. The summed E-state index contributed by atoms with van der Waals surface area (Å²) in [7, 11) is 0. The Labute approximate surface area is 103 Å². The molecule has 90 valence electrons. The van der Waals surface area contributed by atoms with Crippen LogP contribution < -0.4 is 10.2 Å². The predicted octanol–water partition coefficient (Wildman–Crippen LogP) is 2.32. The maximum atomic E-state index is 3.56. The first-order valence-corrected chi connectivity index (χ1v) is 7.01. The molecule has 17 heavy (non-hydrogen) atoms. The highest BCUT2D eigenvalue weighted by Gasteiger charge is 2.38. The van der Waals surface area contributed by atoms with Gasteiger partial charge in [0.05, 0.1) is 0 Å². The average Bonchev–Trinajstić information content (AvgIpc) is 2.70. The number of rotatable bonds is 0. The molecule has 2 atom stereocenters. The second-order valence-corrected chi connectivity index (χ2v) is 5.76. The van der Waals surface area contributed by atoms with E-state index in [-0.39, 0.29) is 0 Å². The van der Waals surface area contributed by atoms with Crippen molar-refractivity contribution in [1.29, 1.82) is 0 Å². The van der Waals surface area contributed by atoms with Gasteiger partial charge in [-0.05, 0) is 36.3 Å². The molecule has 2 heteroatoms. The van der Waals surface area contributed by atoms with Crippen LogP contribution in [0.2, 0.25) is 0 Å². The third-order valence-electron chi connectivity index (χ3n) is 4.84. The molecule has 0 saturated heterocycles. The van der Waals surface area contributed by atoms with Crippen molar-refractivity contribution in [2.45, 2.75) is 38.3 Å². The summed E-state index contributed by atoms with van der Waals surface area (Å²) in [6.45, 7) is 3.39. The molecule has 1 aromatic carbocycles. The molecule has 0 aromatic heterocycles.